The Morgan fingerprint density at radius 1 is 0.977 bits per heavy atom. The van der Waals surface area contributed by atoms with Crippen LogP contribution in [0.1, 0.15) is 31.2 Å². The molecular weight excluding hydrogens is 588 g/mol. The second-order valence-electron chi connectivity index (χ2n) is 10.6. The van der Waals surface area contributed by atoms with E-state index >= 15 is 0 Å². The van der Waals surface area contributed by atoms with Gasteiger partial charge in [0.2, 0.25) is 5.95 Å². The standard InChI is InChI=1S/C31H29ClN6O4S/c32-28-19-34-31(35-23-8-6-7-22(17-23)33-18-21-13-15-24(16-14-21)38(39)40)36-30(28)27-20-37(29-12-5-4-11-26(27)29)43(41,42)25-9-2-1-3-10-25/h1-5,9-16,19-20,22-23,33H,6-8,17-18H2,(H,34,35,36)/t22-,23+/m0/s1. The normalized spacial score (nSPS) is 17.1. The van der Waals surface area contributed by atoms with Crippen molar-refractivity contribution < 1.29 is 13.3 Å². The number of fused-ring (bicyclic) bond motifs is 1. The molecule has 0 bridgehead atoms. The predicted molar refractivity (Wildman–Crippen MR) is 167 cm³/mol. The molecule has 0 amide bonds. The molecule has 0 unspecified atom stereocenters. The number of hydrogen-bond acceptors (Lipinski definition) is 8. The molecule has 12 heteroatoms. The average Bonchev–Trinajstić information content (AvgIpc) is 3.42. The molecule has 10 nitrogen and oxygen atoms in total. The number of nitro groups is 1. The monoisotopic (exact) mass is 616 g/mol. The fourth-order valence-corrected chi connectivity index (χ4v) is 7.14. The smallest absolute Gasteiger partial charge is 0.269 e. The second kappa shape index (κ2) is 12.1. The number of halogens is 1. The summed E-state index contributed by atoms with van der Waals surface area (Å²) >= 11 is 6.61. The summed E-state index contributed by atoms with van der Waals surface area (Å²) in [6.45, 7) is 0.618. The number of hydrogen-bond donors (Lipinski definition) is 2. The van der Waals surface area contributed by atoms with Crippen molar-refractivity contribution in [1.82, 2.24) is 19.3 Å². The number of anilines is 1. The number of nitrogens with zero attached hydrogens (tertiary/aromatic N) is 4. The quantitative estimate of drug-likeness (QED) is 0.143. The van der Waals surface area contributed by atoms with E-state index in [1.807, 2.05) is 12.1 Å². The first-order valence-electron chi connectivity index (χ1n) is 14.0. The zero-order valence-corrected chi connectivity index (χ0v) is 24.6. The zero-order valence-electron chi connectivity index (χ0n) is 23.1. The summed E-state index contributed by atoms with van der Waals surface area (Å²) in [6.07, 6.45) is 6.95. The lowest BCUT2D eigenvalue weighted by molar-refractivity contribution is -0.384. The van der Waals surface area contributed by atoms with Gasteiger partial charge in [0.1, 0.15) is 0 Å². The van der Waals surface area contributed by atoms with Gasteiger partial charge in [0.25, 0.3) is 15.7 Å². The van der Waals surface area contributed by atoms with Gasteiger partial charge in [-0.2, -0.15) is 0 Å². The van der Waals surface area contributed by atoms with E-state index in [0.29, 0.717) is 39.7 Å². The van der Waals surface area contributed by atoms with Gasteiger partial charge in [0.15, 0.2) is 0 Å². The third-order valence-electron chi connectivity index (χ3n) is 7.73. The van der Waals surface area contributed by atoms with E-state index < -0.39 is 14.9 Å². The van der Waals surface area contributed by atoms with Gasteiger partial charge >= 0.3 is 0 Å². The maximum Gasteiger partial charge on any atom is 0.269 e. The lowest BCUT2D eigenvalue weighted by Gasteiger charge is -2.30. The molecule has 5 aromatic rings. The van der Waals surface area contributed by atoms with Crippen LogP contribution in [0.5, 0.6) is 0 Å². The number of rotatable bonds is 9. The van der Waals surface area contributed by atoms with Crippen LogP contribution in [0.25, 0.3) is 22.2 Å². The van der Waals surface area contributed by atoms with Gasteiger partial charge in [-0.3, -0.25) is 10.1 Å². The molecule has 1 saturated carbocycles. The van der Waals surface area contributed by atoms with Gasteiger partial charge in [0.05, 0.1) is 32.2 Å². The topological polar surface area (TPSA) is 132 Å². The number of benzene rings is 3. The SMILES string of the molecule is O=[N+]([O-])c1ccc(CN[C@H]2CCC[C@@H](Nc3ncc(Cl)c(-c4cn(S(=O)(=O)c5ccccc5)c5ccccc45)n3)C2)cc1. The summed E-state index contributed by atoms with van der Waals surface area (Å²) in [6, 6.07) is 22.5. The average molecular weight is 617 g/mol. The largest absolute Gasteiger partial charge is 0.351 e. The summed E-state index contributed by atoms with van der Waals surface area (Å²) in [5.74, 6) is 0.420. The highest BCUT2D eigenvalue weighted by Gasteiger charge is 2.25. The van der Waals surface area contributed by atoms with Crippen LogP contribution in [-0.4, -0.2) is 39.4 Å². The van der Waals surface area contributed by atoms with Crippen molar-refractivity contribution >= 4 is 44.2 Å². The van der Waals surface area contributed by atoms with Gasteiger partial charge in [-0.05, 0) is 49.4 Å². The highest BCUT2D eigenvalue weighted by atomic mass is 35.5. The molecule has 3 aromatic carbocycles. The molecule has 0 radical (unpaired) electrons. The highest BCUT2D eigenvalue weighted by molar-refractivity contribution is 7.90. The van der Waals surface area contributed by atoms with Crippen molar-refractivity contribution in [3.8, 4) is 11.3 Å². The van der Waals surface area contributed by atoms with E-state index in [4.69, 9.17) is 16.6 Å². The highest BCUT2D eigenvalue weighted by Crippen LogP contribution is 2.36. The third-order valence-corrected chi connectivity index (χ3v) is 9.69. The van der Waals surface area contributed by atoms with Crippen LogP contribution in [0.3, 0.4) is 0 Å². The van der Waals surface area contributed by atoms with E-state index in [-0.39, 0.29) is 22.7 Å². The Labute approximate surface area is 254 Å². The Morgan fingerprint density at radius 3 is 2.47 bits per heavy atom. The molecule has 0 aliphatic heterocycles. The van der Waals surface area contributed by atoms with E-state index in [9.17, 15) is 18.5 Å². The fraction of sp³-hybridized carbons (Fsp3) is 0.226. The Hall–Kier alpha value is -4.32. The minimum atomic E-state index is -3.86. The number of aromatic nitrogens is 3. The van der Waals surface area contributed by atoms with E-state index in [1.165, 1.54) is 22.3 Å². The predicted octanol–water partition coefficient (Wildman–Crippen LogP) is 6.41. The van der Waals surface area contributed by atoms with Gasteiger partial charge < -0.3 is 10.6 Å². The van der Waals surface area contributed by atoms with Crippen molar-refractivity contribution in [3.63, 3.8) is 0 Å². The molecule has 43 heavy (non-hydrogen) atoms. The van der Waals surface area contributed by atoms with Crippen LogP contribution in [0, 0.1) is 10.1 Å². The van der Waals surface area contributed by atoms with E-state index in [2.05, 4.69) is 15.6 Å². The van der Waals surface area contributed by atoms with Crippen LogP contribution in [-0.2, 0) is 16.6 Å². The number of nitrogens with one attached hydrogen (secondary N) is 2. The Balaban J connectivity index is 1.21. The molecule has 2 heterocycles. The lowest BCUT2D eigenvalue weighted by atomic mass is 9.91. The van der Waals surface area contributed by atoms with Crippen molar-refractivity contribution in [2.24, 2.45) is 0 Å². The van der Waals surface area contributed by atoms with Crippen molar-refractivity contribution in [3.05, 3.63) is 112 Å². The first kappa shape index (κ1) is 28.8. The Morgan fingerprint density at radius 2 is 1.70 bits per heavy atom. The summed E-state index contributed by atoms with van der Waals surface area (Å²) in [7, 11) is -3.86. The van der Waals surface area contributed by atoms with Crippen molar-refractivity contribution in [2.75, 3.05) is 5.32 Å². The number of non-ortho nitro benzene ring substituents is 1. The minimum absolute atomic E-state index is 0.0791. The molecule has 2 atom stereocenters. The van der Waals surface area contributed by atoms with Gasteiger partial charge in [-0.25, -0.2) is 22.4 Å². The number of nitro benzene ring substituents is 1. The molecule has 1 aliphatic rings. The summed E-state index contributed by atoms with van der Waals surface area (Å²) in [5.41, 5.74) is 2.63. The molecule has 0 saturated heterocycles. The first-order valence-corrected chi connectivity index (χ1v) is 15.8. The van der Waals surface area contributed by atoms with Crippen LogP contribution in [0.2, 0.25) is 5.02 Å². The molecular formula is C31H29ClN6O4S. The van der Waals surface area contributed by atoms with Gasteiger partial charge in [-0.1, -0.05) is 60.1 Å². The maximum absolute atomic E-state index is 13.6. The maximum atomic E-state index is 13.6. The molecule has 1 aliphatic carbocycles. The van der Waals surface area contributed by atoms with Crippen LogP contribution >= 0.6 is 11.6 Å². The van der Waals surface area contributed by atoms with Crippen molar-refractivity contribution in [2.45, 2.75) is 49.2 Å². The second-order valence-corrected chi connectivity index (χ2v) is 12.8. The zero-order chi connectivity index (χ0) is 30.0. The van der Waals surface area contributed by atoms with Crippen LogP contribution in [0.4, 0.5) is 11.6 Å². The molecule has 1 fully saturated rings. The van der Waals surface area contributed by atoms with E-state index in [0.717, 1.165) is 31.2 Å². The molecule has 0 spiro atoms. The third kappa shape index (κ3) is 6.10. The summed E-state index contributed by atoms with van der Waals surface area (Å²) in [5, 5.41) is 19.0. The summed E-state index contributed by atoms with van der Waals surface area (Å²) in [4.78, 5) is 19.9. The van der Waals surface area contributed by atoms with Gasteiger partial charge in [0, 0.05) is 47.9 Å². The molecule has 220 valence electrons. The number of para-hydroxylation sites is 1. The van der Waals surface area contributed by atoms with E-state index in [1.54, 1.807) is 60.8 Å². The molecule has 2 N–H and O–H groups in total. The first-order chi connectivity index (χ1) is 20.8. The van der Waals surface area contributed by atoms with Gasteiger partial charge in [-0.15, -0.1) is 0 Å². The van der Waals surface area contributed by atoms with Crippen LogP contribution in [0.15, 0.2) is 96.2 Å². The molecule has 2 aromatic heterocycles. The summed E-state index contributed by atoms with van der Waals surface area (Å²) < 4.78 is 28.4. The van der Waals surface area contributed by atoms with Crippen molar-refractivity contribution in [1.29, 1.82) is 0 Å². The Bertz CT molecular complexity index is 1880. The van der Waals surface area contributed by atoms with Crippen LogP contribution < -0.4 is 10.6 Å². The Kier molecular flexibility index (Phi) is 8.11. The molecule has 6 rings (SSSR count). The lowest BCUT2D eigenvalue weighted by Crippen LogP contribution is -2.38. The minimum Gasteiger partial charge on any atom is -0.351 e. The fourth-order valence-electron chi connectivity index (χ4n) is 5.56.